The van der Waals surface area contributed by atoms with Crippen molar-refractivity contribution in [1.29, 1.82) is 0 Å². The summed E-state index contributed by atoms with van der Waals surface area (Å²) in [4.78, 5) is 16.7. The molecule has 0 aliphatic rings. The molecule has 1 N–H and O–H groups in total. The number of rotatable bonds is 6. The quantitative estimate of drug-likeness (QED) is 0.474. The molecule has 0 spiro atoms. The van der Waals surface area contributed by atoms with E-state index in [1.807, 2.05) is 29.6 Å². The molecule has 3 aromatic heterocycles. The Morgan fingerprint density at radius 2 is 2.11 bits per heavy atom. The van der Waals surface area contributed by atoms with Crippen LogP contribution in [0.4, 0.5) is 0 Å². The fraction of sp³-hybridized carbons (Fsp3) is 0.250. The van der Waals surface area contributed by atoms with E-state index in [1.54, 1.807) is 23.7 Å². The number of benzene rings is 1. The predicted molar refractivity (Wildman–Crippen MR) is 110 cm³/mol. The van der Waals surface area contributed by atoms with Gasteiger partial charge in [-0.1, -0.05) is 25.4 Å². The third-order valence-corrected chi connectivity index (χ3v) is 5.10. The number of hydrogen-bond donors (Lipinski definition) is 1. The summed E-state index contributed by atoms with van der Waals surface area (Å²) in [5, 5.41) is 3.70. The van der Waals surface area contributed by atoms with Crippen LogP contribution in [0.15, 0.2) is 42.0 Å². The van der Waals surface area contributed by atoms with Crippen molar-refractivity contribution < 1.29 is 4.74 Å². The summed E-state index contributed by atoms with van der Waals surface area (Å²) in [6.07, 6.45) is 4.17. The lowest BCUT2D eigenvalue weighted by molar-refractivity contribution is 0.269. The normalized spacial score (nSPS) is 11.4. The number of hydrogen-bond acceptors (Lipinski definition) is 5. The van der Waals surface area contributed by atoms with E-state index in [0.717, 1.165) is 38.9 Å². The summed E-state index contributed by atoms with van der Waals surface area (Å²) < 4.78 is 5.95. The molecular weight excluding hydrogens is 380 g/mol. The molecule has 0 amide bonds. The molecule has 0 saturated carbocycles. The molecule has 7 heteroatoms. The van der Waals surface area contributed by atoms with Crippen molar-refractivity contribution in [2.75, 3.05) is 6.61 Å². The lowest BCUT2D eigenvalue weighted by atomic mass is 10.1. The van der Waals surface area contributed by atoms with Crippen LogP contribution in [0.3, 0.4) is 0 Å². The molecule has 0 unspecified atom stereocenters. The van der Waals surface area contributed by atoms with Crippen molar-refractivity contribution in [2.45, 2.75) is 20.3 Å². The van der Waals surface area contributed by atoms with E-state index >= 15 is 0 Å². The van der Waals surface area contributed by atoms with Gasteiger partial charge in [-0.2, -0.15) is 0 Å². The Kier molecular flexibility index (Phi) is 5.09. The maximum Gasteiger partial charge on any atom is 0.158 e. The van der Waals surface area contributed by atoms with Gasteiger partial charge in [0.25, 0.3) is 0 Å². The monoisotopic (exact) mass is 398 g/mol. The van der Waals surface area contributed by atoms with Crippen molar-refractivity contribution >= 4 is 34.0 Å². The SMILES string of the molecule is CC(C)COc1ccc(Cl)cc1Cc1nc(-c2nc3ccncc3[nH]2)cs1. The number of aromatic amines is 1. The number of nitrogens with zero attached hydrogens (tertiary/aromatic N) is 3. The highest BCUT2D eigenvalue weighted by Gasteiger charge is 2.13. The molecule has 5 nitrogen and oxygen atoms in total. The molecule has 0 fully saturated rings. The van der Waals surface area contributed by atoms with E-state index in [1.165, 1.54) is 0 Å². The number of ether oxygens (including phenoxy) is 1. The van der Waals surface area contributed by atoms with Gasteiger partial charge in [0.05, 0.1) is 28.8 Å². The number of imidazole rings is 1. The number of H-pyrrole nitrogens is 1. The Morgan fingerprint density at radius 3 is 2.93 bits per heavy atom. The first kappa shape index (κ1) is 17.9. The van der Waals surface area contributed by atoms with Crippen LogP contribution in [-0.4, -0.2) is 26.5 Å². The van der Waals surface area contributed by atoms with Crippen LogP contribution in [-0.2, 0) is 6.42 Å². The summed E-state index contributed by atoms with van der Waals surface area (Å²) in [5.74, 6) is 2.07. The second-order valence-electron chi connectivity index (χ2n) is 6.74. The summed E-state index contributed by atoms with van der Waals surface area (Å²) in [6.45, 7) is 4.93. The zero-order valence-electron chi connectivity index (χ0n) is 15.1. The lowest BCUT2D eigenvalue weighted by Crippen LogP contribution is -2.06. The van der Waals surface area contributed by atoms with Crippen LogP contribution >= 0.6 is 22.9 Å². The Hall–Kier alpha value is -2.44. The van der Waals surface area contributed by atoms with Crippen LogP contribution in [0.1, 0.15) is 24.4 Å². The highest BCUT2D eigenvalue weighted by atomic mass is 35.5. The van der Waals surface area contributed by atoms with Crippen molar-refractivity contribution in [3.05, 3.63) is 57.6 Å². The highest BCUT2D eigenvalue weighted by Crippen LogP contribution is 2.29. The maximum absolute atomic E-state index is 6.20. The van der Waals surface area contributed by atoms with E-state index < -0.39 is 0 Å². The summed E-state index contributed by atoms with van der Waals surface area (Å²) in [7, 11) is 0. The third kappa shape index (κ3) is 4.12. The fourth-order valence-corrected chi connectivity index (χ4v) is 3.72. The lowest BCUT2D eigenvalue weighted by Gasteiger charge is -2.13. The van der Waals surface area contributed by atoms with Gasteiger partial charge in [0.2, 0.25) is 0 Å². The smallest absolute Gasteiger partial charge is 0.158 e. The molecule has 3 heterocycles. The average molecular weight is 399 g/mol. The van der Waals surface area contributed by atoms with E-state index in [0.29, 0.717) is 24.0 Å². The van der Waals surface area contributed by atoms with E-state index in [2.05, 4.69) is 28.8 Å². The number of nitrogens with one attached hydrogen (secondary N) is 1. The van der Waals surface area contributed by atoms with Crippen LogP contribution in [0.5, 0.6) is 5.75 Å². The van der Waals surface area contributed by atoms with Gasteiger partial charge in [0.1, 0.15) is 11.4 Å². The van der Waals surface area contributed by atoms with E-state index in [-0.39, 0.29) is 0 Å². The molecule has 27 heavy (non-hydrogen) atoms. The minimum Gasteiger partial charge on any atom is -0.493 e. The van der Waals surface area contributed by atoms with Gasteiger partial charge < -0.3 is 9.72 Å². The van der Waals surface area contributed by atoms with Gasteiger partial charge in [-0.25, -0.2) is 9.97 Å². The first-order valence-electron chi connectivity index (χ1n) is 8.74. The number of halogens is 1. The molecule has 0 saturated heterocycles. The molecule has 0 aliphatic carbocycles. The molecule has 0 radical (unpaired) electrons. The molecule has 1 aromatic carbocycles. The molecule has 0 bridgehead atoms. The minimum absolute atomic E-state index is 0.461. The van der Waals surface area contributed by atoms with Gasteiger partial charge in [-0.15, -0.1) is 11.3 Å². The van der Waals surface area contributed by atoms with Crippen molar-refractivity contribution in [3.63, 3.8) is 0 Å². The van der Waals surface area contributed by atoms with Crippen molar-refractivity contribution in [1.82, 2.24) is 19.9 Å². The highest BCUT2D eigenvalue weighted by molar-refractivity contribution is 7.10. The van der Waals surface area contributed by atoms with Gasteiger partial charge in [-0.05, 0) is 30.2 Å². The molecule has 0 atom stereocenters. The first-order valence-corrected chi connectivity index (χ1v) is 10.00. The first-order chi connectivity index (χ1) is 13.1. The second kappa shape index (κ2) is 7.66. The average Bonchev–Trinajstić information content (AvgIpc) is 3.27. The van der Waals surface area contributed by atoms with Gasteiger partial charge in [0, 0.05) is 28.6 Å². The van der Waals surface area contributed by atoms with E-state index in [9.17, 15) is 0 Å². The summed E-state index contributed by atoms with van der Waals surface area (Å²) in [5.41, 5.74) is 3.66. The Morgan fingerprint density at radius 1 is 1.22 bits per heavy atom. The molecule has 138 valence electrons. The van der Waals surface area contributed by atoms with Crippen LogP contribution in [0, 0.1) is 5.92 Å². The van der Waals surface area contributed by atoms with Gasteiger partial charge in [-0.3, -0.25) is 4.98 Å². The largest absolute Gasteiger partial charge is 0.493 e. The van der Waals surface area contributed by atoms with Gasteiger partial charge in [0.15, 0.2) is 5.82 Å². The van der Waals surface area contributed by atoms with E-state index in [4.69, 9.17) is 21.3 Å². The van der Waals surface area contributed by atoms with Crippen LogP contribution in [0.2, 0.25) is 5.02 Å². The molecule has 0 aliphatic heterocycles. The third-order valence-electron chi connectivity index (χ3n) is 4.01. The molecular formula is C20H19ClN4OS. The molecule has 4 aromatic rings. The Labute approximate surface area is 166 Å². The Bertz CT molecular complexity index is 1040. The van der Waals surface area contributed by atoms with Crippen LogP contribution < -0.4 is 4.74 Å². The number of aromatic nitrogens is 4. The number of thiazole rings is 1. The zero-order chi connectivity index (χ0) is 18.8. The number of fused-ring (bicyclic) bond motifs is 1. The fourth-order valence-electron chi connectivity index (χ4n) is 2.73. The van der Waals surface area contributed by atoms with Gasteiger partial charge >= 0.3 is 0 Å². The molecule has 4 rings (SSSR count). The Balaban J connectivity index is 1.58. The van der Waals surface area contributed by atoms with Crippen molar-refractivity contribution in [3.8, 4) is 17.3 Å². The maximum atomic E-state index is 6.20. The predicted octanol–water partition coefficient (Wildman–Crippen LogP) is 5.36. The second-order valence-corrected chi connectivity index (χ2v) is 8.12. The number of pyridine rings is 1. The summed E-state index contributed by atoms with van der Waals surface area (Å²) in [6, 6.07) is 7.62. The minimum atomic E-state index is 0.461. The topological polar surface area (TPSA) is 63.7 Å². The zero-order valence-corrected chi connectivity index (χ0v) is 16.6. The summed E-state index contributed by atoms with van der Waals surface area (Å²) >= 11 is 7.80. The standard InChI is InChI=1S/C20H19ClN4OS/c1-12(2)10-26-18-4-3-14(21)7-13(18)8-19-23-17(11-27-19)20-24-15-5-6-22-9-16(15)25-20/h3-7,9,11-12H,8,10H2,1-2H3,(H,24,25). The van der Waals surface area contributed by atoms with Crippen LogP contribution in [0.25, 0.3) is 22.6 Å². The van der Waals surface area contributed by atoms with Crippen molar-refractivity contribution in [2.24, 2.45) is 5.92 Å².